The van der Waals surface area contributed by atoms with Gasteiger partial charge in [-0.2, -0.15) is 0 Å². The van der Waals surface area contributed by atoms with Gasteiger partial charge in [0.2, 0.25) is 6.79 Å². The topological polar surface area (TPSA) is 86.3 Å². The first kappa shape index (κ1) is 20.9. The van der Waals surface area contributed by atoms with Gasteiger partial charge >= 0.3 is 0 Å². The van der Waals surface area contributed by atoms with Gasteiger partial charge in [-0.25, -0.2) is 0 Å². The molecule has 0 radical (unpaired) electrons. The van der Waals surface area contributed by atoms with Crippen molar-refractivity contribution in [1.29, 1.82) is 0 Å². The number of hydrogen-bond acceptors (Lipinski definition) is 8. The van der Waals surface area contributed by atoms with Crippen LogP contribution in [-0.4, -0.2) is 37.7 Å². The zero-order valence-electron chi connectivity index (χ0n) is 17.9. The summed E-state index contributed by atoms with van der Waals surface area (Å²) in [6, 6.07) is 14.2. The highest BCUT2D eigenvalue weighted by Gasteiger charge is 2.40. The number of thiophene rings is 1. The fourth-order valence-electron chi connectivity index (χ4n) is 3.74. The molecule has 2 amide bonds. The molecule has 168 valence electrons. The molecule has 3 aromatic rings. The molecule has 1 N–H and O–H groups in total. The first-order valence-corrected chi connectivity index (χ1v) is 11.0. The minimum Gasteiger partial charge on any atom is -0.497 e. The maximum absolute atomic E-state index is 13.5. The Morgan fingerprint density at radius 1 is 1.00 bits per heavy atom. The first-order valence-electron chi connectivity index (χ1n) is 10.1. The number of amides is 2. The van der Waals surface area contributed by atoms with E-state index in [2.05, 4.69) is 5.32 Å². The fraction of sp³-hybridized carbons (Fsp3) is 0.167. The summed E-state index contributed by atoms with van der Waals surface area (Å²) in [7, 11) is 3.09. The van der Waals surface area contributed by atoms with Gasteiger partial charge < -0.3 is 24.3 Å². The largest absolute Gasteiger partial charge is 0.497 e. The minimum atomic E-state index is -0.418. The Kier molecular flexibility index (Phi) is 5.39. The van der Waals surface area contributed by atoms with Crippen molar-refractivity contribution in [3.63, 3.8) is 0 Å². The van der Waals surface area contributed by atoms with Crippen LogP contribution in [0.5, 0.6) is 23.0 Å². The SMILES string of the molecule is COc1ccc(NC2=C(c3cccs3)C(=O)N(Cc3ccc4c(c3)OCO4)C2=O)c(OC)c1. The Morgan fingerprint density at radius 3 is 2.61 bits per heavy atom. The minimum absolute atomic E-state index is 0.105. The normalized spacial score (nSPS) is 14.8. The number of anilines is 1. The molecule has 1 aromatic heterocycles. The van der Waals surface area contributed by atoms with Crippen LogP contribution in [0.1, 0.15) is 10.4 Å². The molecule has 2 aromatic carbocycles. The lowest BCUT2D eigenvalue weighted by Gasteiger charge is -2.16. The summed E-state index contributed by atoms with van der Waals surface area (Å²) in [5.74, 6) is 1.56. The molecular formula is C24H20N2O6S. The van der Waals surface area contributed by atoms with Crippen molar-refractivity contribution in [3.05, 3.63) is 70.0 Å². The number of rotatable bonds is 7. The molecular weight excluding hydrogens is 444 g/mol. The average molecular weight is 464 g/mol. The standard InChI is InChI=1S/C24H20N2O6S/c1-29-15-6-7-16(18(11-15)30-2)25-22-21(20-4-3-9-33-20)23(27)26(24(22)28)12-14-5-8-17-19(10-14)32-13-31-17/h3-11,25H,12-13H2,1-2H3. The summed E-state index contributed by atoms with van der Waals surface area (Å²) in [6.45, 7) is 0.260. The number of ether oxygens (including phenoxy) is 4. The van der Waals surface area contributed by atoms with Crippen LogP contribution in [0.25, 0.3) is 5.57 Å². The molecule has 33 heavy (non-hydrogen) atoms. The fourth-order valence-corrected chi connectivity index (χ4v) is 4.51. The molecule has 8 nitrogen and oxygen atoms in total. The third-order valence-corrected chi connectivity index (χ3v) is 6.27. The molecule has 0 unspecified atom stereocenters. The number of methoxy groups -OCH3 is 2. The van der Waals surface area contributed by atoms with Crippen molar-refractivity contribution in [3.8, 4) is 23.0 Å². The van der Waals surface area contributed by atoms with Gasteiger partial charge in [-0.15, -0.1) is 11.3 Å². The van der Waals surface area contributed by atoms with Crippen LogP contribution in [0.2, 0.25) is 0 Å². The number of nitrogens with zero attached hydrogens (tertiary/aromatic N) is 1. The second kappa shape index (κ2) is 8.51. The summed E-state index contributed by atoms with van der Waals surface area (Å²) in [5, 5.41) is 5.00. The highest BCUT2D eigenvalue weighted by molar-refractivity contribution is 7.11. The Bertz CT molecular complexity index is 1270. The third kappa shape index (κ3) is 3.76. The van der Waals surface area contributed by atoms with Crippen LogP contribution in [0, 0.1) is 0 Å². The highest BCUT2D eigenvalue weighted by Crippen LogP contribution is 2.38. The molecule has 3 heterocycles. The van der Waals surface area contributed by atoms with Gasteiger partial charge in [0.15, 0.2) is 11.5 Å². The average Bonchev–Trinajstić information content (AvgIpc) is 3.57. The van der Waals surface area contributed by atoms with Gasteiger partial charge in [-0.1, -0.05) is 12.1 Å². The number of imide groups is 1. The second-order valence-corrected chi connectivity index (χ2v) is 8.25. The van der Waals surface area contributed by atoms with Gasteiger partial charge in [-0.05, 0) is 41.3 Å². The Hall–Kier alpha value is -3.98. The second-order valence-electron chi connectivity index (χ2n) is 7.30. The van der Waals surface area contributed by atoms with Gasteiger partial charge in [0, 0.05) is 10.9 Å². The van der Waals surface area contributed by atoms with E-state index in [4.69, 9.17) is 18.9 Å². The van der Waals surface area contributed by atoms with E-state index in [-0.39, 0.29) is 24.9 Å². The van der Waals surface area contributed by atoms with Gasteiger partial charge in [-0.3, -0.25) is 14.5 Å². The Morgan fingerprint density at radius 2 is 1.85 bits per heavy atom. The molecule has 2 aliphatic heterocycles. The highest BCUT2D eigenvalue weighted by atomic mass is 32.1. The molecule has 0 aliphatic carbocycles. The van der Waals surface area contributed by atoms with E-state index < -0.39 is 5.91 Å². The number of hydrogen-bond donors (Lipinski definition) is 1. The smallest absolute Gasteiger partial charge is 0.278 e. The lowest BCUT2D eigenvalue weighted by Crippen LogP contribution is -2.32. The maximum Gasteiger partial charge on any atom is 0.278 e. The molecule has 0 saturated heterocycles. The Labute approximate surface area is 193 Å². The Balaban J connectivity index is 1.49. The summed E-state index contributed by atoms with van der Waals surface area (Å²) >= 11 is 1.40. The van der Waals surface area contributed by atoms with Crippen LogP contribution < -0.4 is 24.3 Å². The van der Waals surface area contributed by atoms with Crippen LogP contribution in [0.3, 0.4) is 0 Å². The van der Waals surface area contributed by atoms with Gasteiger partial charge in [0.05, 0.1) is 32.0 Å². The first-order chi connectivity index (χ1) is 16.1. The van der Waals surface area contributed by atoms with E-state index in [9.17, 15) is 9.59 Å². The van der Waals surface area contributed by atoms with Crippen molar-refractivity contribution in [2.45, 2.75) is 6.54 Å². The van der Waals surface area contributed by atoms with Crippen molar-refractivity contribution in [2.75, 3.05) is 26.3 Å². The molecule has 0 fully saturated rings. The van der Waals surface area contributed by atoms with E-state index in [1.165, 1.54) is 23.3 Å². The van der Waals surface area contributed by atoms with Crippen molar-refractivity contribution < 1.29 is 28.5 Å². The molecule has 0 atom stereocenters. The van der Waals surface area contributed by atoms with Crippen LogP contribution in [0.15, 0.2) is 59.6 Å². The number of benzene rings is 2. The van der Waals surface area contributed by atoms with Crippen LogP contribution in [0.4, 0.5) is 5.69 Å². The lowest BCUT2D eigenvalue weighted by molar-refractivity contribution is -0.137. The quantitative estimate of drug-likeness (QED) is 0.531. The predicted octanol–water partition coefficient (Wildman–Crippen LogP) is 3.89. The van der Waals surface area contributed by atoms with Crippen molar-refractivity contribution in [2.24, 2.45) is 0 Å². The predicted molar refractivity (Wildman–Crippen MR) is 123 cm³/mol. The molecule has 0 bridgehead atoms. The number of carbonyl (C=O) groups is 2. The van der Waals surface area contributed by atoms with Crippen molar-refractivity contribution >= 4 is 34.4 Å². The van der Waals surface area contributed by atoms with Crippen LogP contribution in [-0.2, 0) is 16.1 Å². The van der Waals surface area contributed by atoms with Crippen LogP contribution >= 0.6 is 11.3 Å². The summed E-state index contributed by atoms with van der Waals surface area (Å²) in [4.78, 5) is 28.8. The summed E-state index contributed by atoms with van der Waals surface area (Å²) < 4.78 is 21.5. The lowest BCUT2D eigenvalue weighted by atomic mass is 10.1. The van der Waals surface area contributed by atoms with Gasteiger partial charge in [0.25, 0.3) is 11.8 Å². The number of carbonyl (C=O) groups excluding carboxylic acids is 2. The summed E-state index contributed by atoms with van der Waals surface area (Å²) in [5.41, 5.74) is 1.84. The van der Waals surface area contributed by atoms with E-state index in [1.807, 2.05) is 23.6 Å². The molecule has 0 spiro atoms. The number of nitrogens with one attached hydrogen (secondary N) is 1. The number of fused-ring (bicyclic) bond motifs is 1. The molecule has 9 heteroatoms. The van der Waals surface area contributed by atoms with Crippen molar-refractivity contribution in [1.82, 2.24) is 4.90 Å². The van der Waals surface area contributed by atoms with E-state index in [1.54, 1.807) is 37.4 Å². The molecule has 0 saturated carbocycles. The molecule has 5 rings (SSSR count). The third-order valence-electron chi connectivity index (χ3n) is 5.38. The van der Waals surface area contributed by atoms with Gasteiger partial charge in [0.1, 0.15) is 17.2 Å². The zero-order chi connectivity index (χ0) is 22.9. The molecule has 2 aliphatic rings. The zero-order valence-corrected chi connectivity index (χ0v) is 18.7. The maximum atomic E-state index is 13.5. The summed E-state index contributed by atoms with van der Waals surface area (Å²) in [6.07, 6.45) is 0. The van der Waals surface area contributed by atoms with E-state index in [0.29, 0.717) is 39.1 Å². The van der Waals surface area contributed by atoms with E-state index in [0.717, 1.165) is 5.56 Å². The van der Waals surface area contributed by atoms with E-state index >= 15 is 0 Å². The monoisotopic (exact) mass is 464 g/mol.